The number of rotatable bonds is 5. The van der Waals surface area contributed by atoms with Crippen molar-refractivity contribution >= 4 is 5.91 Å². The molecule has 0 saturated carbocycles. The monoisotopic (exact) mass is 528 g/mol. The summed E-state index contributed by atoms with van der Waals surface area (Å²) in [5.41, 5.74) is 0.935. The zero-order valence-corrected chi connectivity index (χ0v) is 19.9. The molecule has 6 nitrogen and oxygen atoms in total. The largest absolute Gasteiger partial charge is 0.416 e. The number of benzene rings is 3. The van der Waals surface area contributed by atoms with Crippen LogP contribution in [0.3, 0.4) is 0 Å². The van der Waals surface area contributed by atoms with E-state index in [0.29, 0.717) is 38.3 Å². The molecule has 3 aromatic carbocycles. The normalized spacial score (nSPS) is 14.6. The van der Waals surface area contributed by atoms with Gasteiger partial charge in [0.05, 0.1) is 5.56 Å². The first-order valence-electron chi connectivity index (χ1n) is 11.7. The summed E-state index contributed by atoms with van der Waals surface area (Å²) in [6, 6.07) is 14.9. The maximum absolute atomic E-state index is 13.5. The van der Waals surface area contributed by atoms with Crippen LogP contribution >= 0.6 is 0 Å². The average molecular weight is 528 g/mol. The zero-order valence-electron chi connectivity index (χ0n) is 19.9. The van der Waals surface area contributed by atoms with E-state index in [2.05, 4.69) is 15.0 Å². The van der Waals surface area contributed by atoms with Crippen LogP contribution in [0.2, 0.25) is 0 Å². The number of hydrogen-bond donors (Lipinski definition) is 0. The molecular formula is C27H21F5N4O2. The van der Waals surface area contributed by atoms with E-state index in [1.807, 2.05) is 18.2 Å². The lowest BCUT2D eigenvalue weighted by Crippen LogP contribution is -2.48. The molecule has 1 amide bonds. The Bertz CT molecular complexity index is 1440. The van der Waals surface area contributed by atoms with E-state index in [4.69, 9.17) is 4.52 Å². The fraction of sp³-hybridized carbons (Fsp3) is 0.222. The third-order valence-electron chi connectivity index (χ3n) is 6.22. The van der Waals surface area contributed by atoms with Crippen molar-refractivity contribution in [3.8, 4) is 22.8 Å². The van der Waals surface area contributed by atoms with Gasteiger partial charge in [0.1, 0.15) is 11.6 Å². The third kappa shape index (κ3) is 5.72. The number of alkyl halides is 3. The molecule has 0 aliphatic carbocycles. The standard InChI is InChI=1S/C27H21F5N4O2/c28-22-13-20(14-23(29)15-22)26(37)36-9-7-35(8-10-36)16-17-3-1-4-18(11-17)24-33-25(38-34-24)19-5-2-6-21(12-19)27(30,31)32/h1-6,11-15H,7-10,16H2. The van der Waals surface area contributed by atoms with Crippen LogP contribution in [-0.4, -0.2) is 52.0 Å². The van der Waals surface area contributed by atoms with Gasteiger partial charge >= 0.3 is 6.18 Å². The van der Waals surface area contributed by atoms with Gasteiger partial charge in [-0.3, -0.25) is 9.69 Å². The Morgan fingerprint density at radius 2 is 1.55 bits per heavy atom. The molecule has 1 aliphatic rings. The lowest BCUT2D eigenvalue weighted by Gasteiger charge is -2.34. The fourth-order valence-electron chi connectivity index (χ4n) is 4.32. The Labute approximate surface area is 214 Å². The first-order valence-corrected chi connectivity index (χ1v) is 11.7. The van der Waals surface area contributed by atoms with Crippen molar-refractivity contribution in [3.05, 3.63) is 95.1 Å². The molecular weight excluding hydrogens is 507 g/mol. The summed E-state index contributed by atoms with van der Waals surface area (Å²) in [5, 5.41) is 3.93. The summed E-state index contributed by atoms with van der Waals surface area (Å²) in [4.78, 5) is 20.6. The van der Waals surface area contributed by atoms with Crippen LogP contribution in [0.15, 0.2) is 71.3 Å². The zero-order chi connectivity index (χ0) is 26.9. The minimum Gasteiger partial charge on any atom is -0.336 e. The van der Waals surface area contributed by atoms with Gasteiger partial charge < -0.3 is 9.42 Å². The first kappa shape index (κ1) is 25.5. The highest BCUT2D eigenvalue weighted by atomic mass is 19.4. The van der Waals surface area contributed by atoms with E-state index in [-0.39, 0.29) is 22.8 Å². The Hall–Kier alpha value is -4.12. The number of piperazine rings is 1. The predicted octanol–water partition coefficient (Wildman–Crippen LogP) is 5.66. The molecule has 2 heterocycles. The van der Waals surface area contributed by atoms with E-state index in [1.54, 1.807) is 11.0 Å². The number of hydrogen-bond acceptors (Lipinski definition) is 5. The van der Waals surface area contributed by atoms with Crippen molar-refractivity contribution in [1.82, 2.24) is 19.9 Å². The van der Waals surface area contributed by atoms with Crippen molar-refractivity contribution in [2.24, 2.45) is 0 Å². The molecule has 196 valence electrons. The van der Waals surface area contributed by atoms with E-state index < -0.39 is 29.3 Å². The molecule has 0 bridgehead atoms. The predicted molar refractivity (Wildman–Crippen MR) is 128 cm³/mol. The molecule has 0 atom stereocenters. The number of carbonyl (C=O) groups is 1. The van der Waals surface area contributed by atoms with Crippen LogP contribution in [0.1, 0.15) is 21.5 Å². The lowest BCUT2D eigenvalue weighted by atomic mass is 10.1. The molecule has 38 heavy (non-hydrogen) atoms. The Balaban J connectivity index is 1.23. The summed E-state index contributed by atoms with van der Waals surface area (Å²) in [6.07, 6.45) is -4.48. The van der Waals surface area contributed by atoms with Gasteiger partial charge in [0.15, 0.2) is 0 Å². The maximum atomic E-state index is 13.5. The second-order valence-electron chi connectivity index (χ2n) is 8.93. The second kappa shape index (κ2) is 10.3. The van der Waals surface area contributed by atoms with Crippen molar-refractivity contribution < 1.29 is 31.3 Å². The Kier molecular flexibility index (Phi) is 6.94. The molecule has 4 aromatic rings. The van der Waals surface area contributed by atoms with E-state index in [1.165, 1.54) is 12.1 Å². The summed E-state index contributed by atoms with van der Waals surface area (Å²) >= 11 is 0. The number of halogens is 5. The molecule has 5 rings (SSSR count). The SMILES string of the molecule is O=C(c1cc(F)cc(F)c1)N1CCN(Cc2cccc(-c3noc(-c4cccc(C(F)(F)F)c4)n3)c2)CC1. The van der Waals surface area contributed by atoms with Crippen LogP contribution in [-0.2, 0) is 12.7 Å². The molecule has 1 aromatic heterocycles. The van der Waals surface area contributed by atoms with Gasteiger partial charge in [0.25, 0.3) is 11.8 Å². The summed E-state index contributed by atoms with van der Waals surface area (Å²) in [5.74, 6) is -1.78. The number of carbonyl (C=O) groups excluding carboxylic acids is 1. The van der Waals surface area contributed by atoms with Crippen molar-refractivity contribution in [3.63, 3.8) is 0 Å². The molecule has 0 N–H and O–H groups in total. The van der Waals surface area contributed by atoms with Crippen LogP contribution in [0.25, 0.3) is 22.8 Å². The molecule has 0 radical (unpaired) electrons. The maximum Gasteiger partial charge on any atom is 0.416 e. The number of amides is 1. The highest BCUT2D eigenvalue weighted by molar-refractivity contribution is 5.94. The van der Waals surface area contributed by atoms with E-state index in [9.17, 15) is 26.7 Å². The molecule has 1 fully saturated rings. The average Bonchev–Trinajstić information content (AvgIpc) is 3.39. The molecule has 0 spiro atoms. The van der Waals surface area contributed by atoms with Crippen LogP contribution in [0.5, 0.6) is 0 Å². The fourth-order valence-corrected chi connectivity index (χ4v) is 4.32. The van der Waals surface area contributed by atoms with Gasteiger partial charge in [-0.1, -0.05) is 29.4 Å². The van der Waals surface area contributed by atoms with Crippen molar-refractivity contribution in [1.29, 1.82) is 0 Å². The van der Waals surface area contributed by atoms with E-state index >= 15 is 0 Å². The lowest BCUT2D eigenvalue weighted by molar-refractivity contribution is -0.137. The van der Waals surface area contributed by atoms with Gasteiger partial charge in [0.2, 0.25) is 5.82 Å². The van der Waals surface area contributed by atoms with Gasteiger partial charge in [-0.05, 0) is 42.0 Å². The molecule has 1 aliphatic heterocycles. The van der Waals surface area contributed by atoms with Crippen LogP contribution < -0.4 is 0 Å². The minimum absolute atomic E-state index is 0.0181. The summed E-state index contributed by atoms with van der Waals surface area (Å²) in [6.45, 7) is 2.51. The smallest absolute Gasteiger partial charge is 0.336 e. The number of aromatic nitrogens is 2. The minimum atomic E-state index is -4.48. The quantitative estimate of drug-likeness (QED) is 0.313. The molecule has 0 unspecified atom stereocenters. The summed E-state index contributed by atoms with van der Waals surface area (Å²) in [7, 11) is 0. The highest BCUT2D eigenvalue weighted by Gasteiger charge is 2.31. The second-order valence-corrected chi connectivity index (χ2v) is 8.93. The van der Waals surface area contributed by atoms with Gasteiger partial charge in [-0.2, -0.15) is 18.2 Å². The van der Waals surface area contributed by atoms with Crippen molar-refractivity contribution in [2.45, 2.75) is 12.7 Å². The molecule has 11 heteroatoms. The van der Waals surface area contributed by atoms with Crippen LogP contribution in [0.4, 0.5) is 22.0 Å². The summed E-state index contributed by atoms with van der Waals surface area (Å²) < 4.78 is 71.3. The Morgan fingerprint density at radius 3 is 2.26 bits per heavy atom. The third-order valence-corrected chi connectivity index (χ3v) is 6.22. The van der Waals surface area contributed by atoms with Crippen LogP contribution in [0, 0.1) is 11.6 Å². The highest BCUT2D eigenvalue weighted by Crippen LogP contribution is 2.32. The van der Waals surface area contributed by atoms with Gasteiger partial charge in [0, 0.05) is 55.5 Å². The number of nitrogens with zero attached hydrogens (tertiary/aromatic N) is 4. The van der Waals surface area contributed by atoms with Gasteiger partial charge in [-0.15, -0.1) is 0 Å². The molecule has 1 saturated heterocycles. The van der Waals surface area contributed by atoms with E-state index in [0.717, 1.165) is 35.9 Å². The van der Waals surface area contributed by atoms with Gasteiger partial charge in [-0.25, -0.2) is 8.78 Å². The van der Waals surface area contributed by atoms with Crippen molar-refractivity contribution in [2.75, 3.05) is 26.2 Å². The topological polar surface area (TPSA) is 62.5 Å². The Morgan fingerprint density at radius 1 is 0.868 bits per heavy atom. The first-order chi connectivity index (χ1) is 18.2.